The Morgan fingerprint density at radius 1 is 1.22 bits per heavy atom. The van der Waals surface area contributed by atoms with Gasteiger partial charge in [-0.1, -0.05) is 0 Å². The molecule has 2 saturated carbocycles. The second kappa shape index (κ2) is 4.41. The Labute approximate surface area is 108 Å². The van der Waals surface area contributed by atoms with Gasteiger partial charge in [-0.15, -0.1) is 0 Å². The van der Waals surface area contributed by atoms with Crippen LogP contribution in [0.25, 0.3) is 0 Å². The van der Waals surface area contributed by atoms with E-state index in [0.717, 1.165) is 41.9 Å². The molecule has 0 aliphatic heterocycles. The third kappa shape index (κ3) is 2.42. The first-order valence-corrected chi connectivity index (χ1v) is 6.96. The molecule has 0 saturated heterocycles. The number of nitrogens with zero attached hydrogens (tertiary/aromatic N) is 2. The van der Waals surface area contributed by atoms with Gasteiger partial charge in [0.2, 0.25) is 0 Å². The summed E-state index contributed by atoms with van der Waals surface area (Å²) in [6.07, 6.45) is 5.16. The van der Waals surface area contributed by atoms with Gasteiger partial charge in [-0.25, -0.2) is 0 Å². The number of carbonyl (C=O) groups is 1. The minimum absolute atomic E-state index is 0.178. The molecule has 4 nitrogen and oxygen atoms in total. The summed E-state index contributed by atoms with van der Waals surface area (Å²) in [4.78, 5) is 14.7. The van der Waals surface area contributed by atoms with E-state index in [9.17, 15) is 4.79 Å². The van der Waals surface area contributed by atoms with Gasteiger partial charge in [0.05, 0.1) is 11.3 Å². The molecule has 4 heteroatoms. The minimum atomic E-state index is 0.178. The van der Waals surface area contributed by atoms with E-state index in [1.54, 1.807) is 0 Å². The Morgan fingerprint density at radius 2 is 1.78 bits per heavy atom. The van der Waals surface area contributed by atoms with Gasteiger partial charge in [-0.3, -0.25) is 9.89 Å². The molecule has 0 atom stereocenters. The molecule has 0 unspecified atom stereocenters. The number of aryl methyl sites for hydroxylation is 2. The van der Waals surface area contributed by atoms with E-state index < -0.39 is 0 Å². The molecular formula is C14H21N3O. The first kappa shape index (κ1) is 11.8. The van der Waals surface area contributed by atoms with E-state index >= 15 is 0 Å². The van der Waals surface area contributed by atoms with Gasteiger partial charge in [0.25, 0.3) is 5.91 Å². The number of aromatic amines is 1. The first-order chi connectivity index (χ1) is 8.65. The fourth-order valence-electron chi connectivity index (χ4n) is 2.49. The topological polar surface area (TPSA) is 49.0 Å². The Bertz CT molecular complexity index is 424. The van der Waals surface area contributed by atoms with Crippen molar-refractivity contribution in [3.05, 3.63) is 17.0 Å². The monoisotopic (exact) mass is 247 g/mol. The van der Waals surface area contributed by atoms with Crippen molar-refractivity contribution in [1.29, 1.82) is 0 Å². The molecule has 3 rings (SSSR count). The second-order valence-electron chi connectivity index (χ2n) is 5.91. The largest absolute Gasteiger partial charge is 0.338 e. The van der Waals surface area contributed by atoms with Crippen LogP contribution < -0.4 is 0 Å². The Hall–Kier alpha value is -1.32. The quantitative estimate of drug-likeness (QED) is 0.868. The smallest absolute Gasteiger partial charge is 0.257 e. The van der Waals surface area contributed by atoms with Crippen molar-refractivity contribution in [2.24, 2.45) is 11.8 Å². The lowest BCUT2D eigenvalue weighted by molar-refractivity contribution is 0.0738. The highest BCUT2D eigenvalue weighted by molar-refractivity contribution is 5.96. The van der Waals surface area contributed by atoms with Gasteiger partial charge in [-0.05, 0) is 51.4 Å². The molecule has 0 radical (unpaired) electrons. The lowest BCUT2D eigenvalue weighted by Gasteiger charge is -2.22. The van der Waals surface area contributed by atoms with Crippen molar-refractivity contribution in [3.8, 4) is 0 Å². The lowest BCUT2D eigenvalue weighted by atomic mass is 10.1. The van der Waals surface area contributed by atoms with Gasteiger partial charge in [0, 0.05) is 18.8 Å². The normalized spacial score (nSPS) is 19.0. The van der Waals surface area contributed by atoms with E-state index in [2.05, 4.69) is 15.1 Å². The molecule has 1 heterocycles. The third-order valence-corrected chi connectivity index (χ3v) is 3.98. The van der Waals surface area contributed by atoms with E-state index in [1.807, 2.05) is 13.8 Å². The number of nitrogens with one attached hydrogen (secondary N) is 1. The number of H-pyrrole nitrogens is 1. The van der Waals surface area contributed by atoms with Gasteiger partial charge in [0.15, 0.2) is 0 Å². The molecule has 0 bridgehead atoms. The number of carbonyl (C=O) groups excluding carboxylic acids is 1. The van der Waals surface area contributed by atoms with Crippen molar-refractivity contribution in [2.45, 2.75) is 39.5 Å². The molecule has 1 aromatic rings. The zero-order valence-corrected chi connectivity index (χ0v) is 11.2. The fraction of sp³-hybridized carbons (Fsp3) is 0.714. The maximum atomic E-state index is 12.6. The van der Waals surface area contributed by atoms with Crippen molar-refractivity contribution in [2.75, 3.05) is 13.1 Å². The van der Waals surface area contributed by atoms with E-state index in [4.69, 9.17) is 0 Å². The summed E-state index contributed by atoms with van der Waals surface area (Å²) >= 11 is 0. The van der Waals surface area contributed by atoms with Crippen LogP contribution in [0, 0.1) is 25.7 Å². The highest BCUT2D eigenvalue weighted by Gasteiger charge is 2.33. The average Bonchev–Trinajstić information content (AvgIpc) is 3.22. The van der Waals surface area contributed by atoms with Crippen molar-refractivity contribution >= 4 is 5.91 Å². The highest BCUT2D eigenvalue weighted by atomic mass is 16.2. The summed E-state index contributed by atoms with van der Waals surface area (Å²) in [5.41, 5.74) is 2.51. The van der Waals surface area contributed by atoms with Crippen LogP contribution >= 0.6 is 0 Å². The number of hydrogen-bond acceptors (Lipinski definition) is 2. The molecule has 2 fully saturated rings. The molecule has 2 aliphatic rings. The minimum Gasteiger partial charge on any atom is -0.338 e. The van der Waals surface area contributed by atoms with Crippen molar-refractivity contribution in [3.63, 3.8) is 0 Å². The average molecular weight is 247 g/mol. The summed E-state index contributed by atoms with van der Waals surface area (Å²) < 4.78 is 0. The Morgan fingerprint density at radius 3 is 2.17 bits per heavy atom. The van der Waals surface area contributed by atoms with E-state index in [0.29, 0.717) is 0 Å². The first-order valence-electron chi connectivity index (χ1n) is 6.96. The summed E-state index contributed by atoms with van der Waals surface area (Å²) in [7, 11) is 0. The van der Waals surface area contributed by atoms with Crippen LogP contribution in [0.15, 0.2) is 0 Å². The van der Waals surface area contributed by atoms with Crippen LogP contribution in [0.2, 0.25) is 0 Å². The number of rotatable bonds is 5. The molecule has 98 valence electrons. The summed E-state index contributed by atoms with van der Waals surface area (Å²) in [5, 5.41) is 7.05. The molecule has 1 aromatic heterocycles. The molecule has 1 amide bonds. The summed E-state index contributed by atoms with van der Waals surface area (Å²) in [6.45, 7) is 5.72. The van der Waals surface area contributed by atoms with E-state index in [1.165, 1.54) is 25.7 Å². The number of aromatic nitrogens is 2. The molecule has 2 aliphatic carbocycles. The molecule has 18 heavy (non-hydrogen) atoms. The molecular weight excluding hydrogens is 226 g/mol. The van der Waals surface area contributed by atoms with Crippen molar-refractivity contribution < 1.29 is 4.79 Å². The molecule has 1 N–H and O–H groups in total. The summed E-state index contributed by atoms with van der Waals surface area (Å²) in [5.74, 6) is 1.68. The molecule has 0 spiro atoms. The van der Waals surface area contributed by atoms with Crippen LogP contribution in [0.4, 0.5) is 0 Å². The standard InChI is InChI=1S/C14H21N3O/c1-9-13(10(2)16-15-9)14(18)17(7-11-3-4-11)8-12-5-6-12/h11-12H,3-8H2,1-2H3,(H,15,16). The van der Waals surface area contributed by atoms with Crippen LogP contribution in [0.5, 0.6) is 0 Å². The van der Waals surface area contributed by atoms with Gasteiger partial charge >= 0.3 is 0 Å². The Balaban J connectivity index is 1.77. The van der Waals surface area contributed by atoms with Gasteiger partial charge in [0.1, 0.15) is 0 Å². The third-order valence-electron chi connectivity index (χ3n) is 3.98. The second-order valence-corrected chi connectivity index (χ2v) is 5.91. The SMILES string of the molecule is Cc1n[nH]c(C)c1C(=O)N(CC1CC1)CC1CC1. The highest BCUT2D eigenvalue weighted by Crippen LogP contribution is 2.34. The molecule has 0 aromatic carbocycles. The van der Waals surface area contributed by atoms with Gasteiger partial charge < -0.3 is 4.90 Å². The zero-order valence-electron chi connectivity index (χ0n) is 11.2. The fourth-order valence-corrected chi connectivity index (χ4v) is 2.49. The summed E-state index contributed by atoms with van der Waals surface area (Å²) in [6, 6.07) is 0. The predicted molar refractivity (Wildman–Crippen MR) is 69.4 cm³/mol. The Kier molecular flexibility index (Phi) is 2.88. The maximum Gasteiger partial charge on any atom is 0.257 e. The lowest BCUT2D eigenvalue weighted by Crippen LogP contribution is -2.35. The number of amides is 1. The zero-order chi connectivity index (χ0) is 12.7. The van der Waals surface area contributed by atoms with Gasteiger partial charge in [-0.2, -0.15) is 5.10 Å². The van der Waals surface area contributed by atoms with Crippen molar-refractivity contribution in [1.82, 2.24) is 15.1 Å². The van der Waals surface area contributed by atoms with Crippen LogP contribution in [-0.4, -0.2) is 34.1 Å². The van der Waals surface area contributed by atoms with Crippen LogP contribution in [0.3, 0.4) is 0 Å². The van der Waals surface area contributed by atoms with Crippen LogP contribution in [0.1, 0.15) is 47.4 Å². The van der Waals surface area contributed by atoms with Crippen LogP contribution in [-0.2, 0) is 0 Å². The number of hydrogen-bond donors (Lipinski definition) is 1. The maximum absolute atomic E-state index is 12.6. The predicted octanol–water partition coefficient (Wildman–Crippen LogP) is 2.29. The van der Waals surface area contributed by atoms with E-state index in [-0.39, 0.29) is 5.91 Å².